The van der Waals surface area contributed by atoms with Gasteiger partial charge in [0, 0.05) is 6.42 Å². The van der Waals surface area contributed by atoms with E-state index in [1.165, 1.54) is 5.56 Å². The number of aromatic nitrogens is 4. The number of rotatable bonds is 4. The van der Waals surface area contributed by atoms with Gasteiger partial charge in [-0.25, -0.2) is 9.50 Å². The number of hydrogen-bond donors (Lipinski definition) is 1. The third kappa shape index (κ3) is 2.56. The van der Waals surface area contributed by atoms with E-state index in [1.54, 1.807) is 0 Å². The first-order valence-corrected chi connectivity index (χ1v) is 7.21. The van der Waals surface area contributed by atoms with Gasteiger partial charge in [0.05, 0.1) is 12.3 Å². The highest BCUT2D eigenvalue weighted by Crippen LogP contribution is 2.17. The van der Waals surface area contributed by atoms with Crippen LogP contribution in [0.5, 0.6) is 5.75 Å². The summed E-state index contributed by atoms with van der Waals surface area (Å²) in [6.45, 7) is 4.57. The van der Waals surface area contributed by atoms with Crippen molar-refractivity contribution in [1.29, 1.82) is 0 Å². The Labute approximate surface area is 125 Å². The van der Waals surface area contributed by atoms with E-state index in [0.29, 0.717) is 18.8 Å². The van der Waals surface area contributed by atoms with Crippen molar-refractivity contribution >= 4 is 21.7 Å². The van der Waals surface area contributed by atoms with Crippen LogP contribution >= 0.6 is 15.9 Å². The quantitative estimate of drug-likeness (QED) is 0.797. The van der Waals surface area contributed by atoms with E-state index in [-0.39, 0.29) is 0 Å². The van der Waals surface area contributed by atoms with Gasteiger partial charge in [-0.1, -0.05) is 12.1 Å². The molecule has 0 atom stereocenters. The van der Waals surface area contributed by atoms with Gasteiger partial charge < -0.3 is 4.74 Å². The molecule has 1 N–H and O–H groups in total. The van der Waals surface area contributed by atoms with Crippen LogP contribution in [0.15, 0.2) is 28.9 Å². The van der Waals surface area contributed by atoms with Crippen molar-refractivity contribution in [2.24, 2.45) is 0 Å². The minimum absolute atomic E-state index is 0.580. The predicted octanol–water partition coefficient (Wildman–Crippen LogP) is 3.06. The molecule has 0 aliphatic carbocycles. The first-order chi connectivity index (χ1) is 9.63. The van der Waals surface area contributed by atoms with Gasteiger partial charge in [-0.2, -0.15) is 4.98 Å². The number of aryl methyl sites for hydroxylation is 2. The number of aromatic amines is 1. The van der Waals surface area contributed by atoms with Crippen LogP contribution in [0, 0.1) is 13.8 Å². The molecule has 0 unspecified atom stereocenters. The van der Waals surface area contributed by atoms with Crippen LogP contribution in [0.2, 0.25) is 0 Å². The lowest BCUT2D eigenvalue weighted by Crippen LogP contribution is -2.03. The molecule has 0 aliphatic rings. The zero-order valence-electron chi connectivity index (χ0n) is 11.4. The second-order valence-corrected chi connectivity index (χ2v) is 5.46. The molecule has 0 saturated carbocycles. The highest BCUT2D eigenvalue weighted by molar-refractivity contribution is 9.10. The Morgan fingerprint density at radius 1 is 1.30 bits per heavy atom. The molecule has 0 aliphatic heterocycles. The van der Waals surface area contributed by atoms with Gasteiger partial charge in [-0.05, 0) is 47.5 Å². The molecule has 2 aromatic heterocycles. The summed E-state index contributed by atoms with van der Waals surface area (Å²) < 4.78 is 8.45. The van der Waals surface area contributed by atoms with Crippen molar-refractivity contribution in [3.05, 3.63) is 46.0 Å². The number of ether oxygens (including phenoxy) is 1. The molecule has 1 aromatic carbocycles. The lowest BCUT2D eigenvalue weighted by atomic mass is 10.2. The molecular weight excluding hydrogens is 320 g/mol. The van der Waals surface area contributed by atoms with Crippen LogP contribution in [-0.2, 0) is 6.42 Å². The highest BCUT2D eigenvalue weighted by Gasteiger charge is 2.10. The Bertz CT molecular complexity index is 747. The molecule has 2 heterocycles. The molecule has 3 rings (SSSR count). The fraction of sp³-hybridized carbons (Fsp3) is 0.286. The fourth-order valence-corrected chi connectivity index (χ4v) is 2.36. The van der Waals surface area contributed by atoms with Crippen molar-refractivity contribution in [1.82, 2.24) is 19.6 Å². The fourth-order valence-electron chi connectivity index (χ4n) is 2.03. The molecule has 0 spiro atoms. The lowest BCUT2D eigenvalue weighted by molar-refractivity contribution is 0.318. The van der Waals surface area contributed by atoms with Gasteiger partial charge in [0.2, 0.25) is 0 Å². The van der Waals surface area contributed by atoms with E-state index in [0.717, 1.165) is 21.9 Å². The predicted molar refractivity (Wildman–Crippen MR) is 80.2 cm³/mol. The molecule has 0 saturated heterocycles. The Morgan fingerprint density at radius 3 is 2.90 bits per heavy atom. The molecule has 104 valence electrons. The summed E-state index contributed by atoms with van der Waals surface area (Å²) in [7, 11) is 0. The molecule has 6 heteroatoms. The average molecular weight is 335 g/mol. The minimum atomic E-state index is 0.580. The number of fused-ring (bicyclic) bond motifs is 1. The van der Waals surface area contributed by atoms with Crippen LogP contribution in [0.1, 0.15) is 17.1 Å². The number of nitrogens with zero attached hydrogens (tertiary/aromatic N) is 3. The third-order valence-corrected chi connectivity index (χ3v) is 3.96. The Balaban J connectivity index is 1.65. The van der Waals surface area contributed by atoms with Crippen molar-refractivity contribution in [3.63, 3.8) is 0 Å². The zero-order valence-corrected chi connectivity index (χ0v) is 12.9. The normalized spacial score (nSPS) is 11.2. The van der Waals surface area contributed by atoms with E-state index in [9.17, 15) is 0 Å². The van der Waals surface area contributed by atoms with Crippen molar-refractivity contribution in [2.45, 2.75) is 20.3 Å². The minimum Gasteiger partial charge on any atom is -0.493 e. The summed E-state index contributed by atoms with van der Waals surface area (Å²) in [5, 5.41) is 3.20. The number of nitrogens with one attached hydrogen (secondary N) is 1. The van der Waals surface area contributed by atoms with Gasteiger partial charge in [-0.15, -0.1) is 0 Å². The van der Waals surface area contributed by atoms with Crippen molar-refractivity contribution in [2.75, 3.05) is 6.61 Å². The standard InChI is InChI=1S/C14H15BrN4O/c1-9-4-3-5-11(8-9)20-7-6-12-17-14-16-10(2)13(15)19(14)18-12/h3-5,8H,6-7H2,1-2H3,(H,16,17,18). The highest BCUT2D eigenvalue weighted by atomic mass is 79.9. The summed E-state index contributed by atoms with van der Waals surface area (Å²) >= 11 is 3.47. The van der Waals surface area contributed by atoms with Crippen LogP contribution in [0.25, 0.3) is 5.78 Å². The second-order valence-electron chi connectivity index (χ2n) is 4.71. The van der Waals surface area contributed by atoms with Gasteiger partial charge in [-0.3, -0.25) is 5.10 Å². The maximum atomic E-state index is 5.72. The van der Waals surface area contributed by atoms with E-state index in [2.05, 4.69) is 31.0 Å². The smallest absolute Gasteiger partial charge is 0.251 e. The van der Waals surface area contributed by atoms with E-state index >= 15 is 0 Å². The summed E-state index contributed by atoms with van der Waals surface area (Å²) in [5.74, 6) is 2.43. The number of hydrogen-bond acceptors (Lipinski definition) is 3. The number of imidazole rings is 1. The van der Waals surface area contributed by atoms with Crippen LogP contribution < -0.4 is 4.74 Å². The third-order valence-electron chi connectivity index (χ3n) is 3.04. The number of benzene rings is 1. The van der Waals surface area contributed by atoms with E-state index in [4.69, 9.17) is 4.74 Å². The SMILES string of the molecule is Cc1cccc(OCCc2nc3nc(C)c(Br)n3[nH]2)c1. The molecule has 0 bridgehead atoms. The first kappa shape index (κ1) is 13.2. The Hall–Kier alpha value is -1.82. The van der Waals surface area contributed by atoms with E-state index < -0.39 is 0 Å². The first-order valence-electron chi connectivity index (χ1n) is 6.42. The maximum absolute atomic E-state index is 5.72. The lowest BCUT2D eigenvalue weighted by Gasteiger charge is -2.05. The molecule has 0 amide bonds. The summed E-state index contributed by atoms with van der Waals surface area (Å²) in [4.78, 5) is 8.77. The Kier molecular flexibility index (Phi) is 3.48. The zero-order chi connectivity index (χ0) is 14.1. The molecular formula is C14H15BrN4O. The number of halogens is 1. The average Bonchev–Trinajstić information content (AvgIpc) is 2.91. The van der Waals surface area contributed by atoms with Crippen molar-refractivity contribution < 1.29 is 4.74 Å². The molecule has 5 nitrogen and oxygen atoms in total. The molecule has 3 aromatic rings. The summed E-state index contributed by atoms with van der Waals surface area (Å²) in [6, 6.07) is 8.02. The van der Waals surface area contributed by atoms with E-state index in [1.807, 2.05) is 42.6 Å². The van der Waals surface area contributed by atoms with Crippen LogP contribution in [0.4, 0.5) is 0 Å². The number of H-pyrrole nitrogens is 1. The van der Waals surface area contributed by atoms with Gasteiger partial charge in [0.15, 0.2) is 0 Å². The topological polar surface area (TPSA) is 55.2 Å². The molecule has 0 radical (unpaired) electrons. The van der Waals surface area contributed by atoms with Crippen LogP contribution in [-0.4, -0.2) is 26.2 Å². The van der Waals surface area contributed by atoms with Gasteiger partial charge in [0.1, 0.15) is 16.2 Å². The Morgan fingerprint density at radius 2 is 2.15 bits per heavy atom. The van der Waals surface area contributed by atoms with Gasteiger partial charge >= 0.3 is 0 Å². The summed E-state index contributed by atoms with van der Waals surface area (Å²) in [6.07, 6.45) is 0.711. The molecule has 20 heavy (non-hydrogen) atoms. The largest absolute Gasteiger partial charge is 0.493 e. The summed E-state index contributed by atoms with van der Waals surface area (Å²) in [5.41, 5.74) is 2.12. The van der Waals surface area contributed by atoms with Crippen molar-refractivity contribution in [3.8, 4) is 5.75 Å². The molecule has 0 fully saturated rings. The second kappa shape index (κ2) is 5.28. The monoisotopic (exact) mass is 334 g/mol. The maximum Gasteiger partial charge on any atom is 0.251 e. The van der Waals surface area contributed by atoms with Crippen LogP contribution in [0.3, 0.4) is 0 Å². The van der Waals surface area contributed by atoms with Gasteiger partial charge in [0.25, 0.3) is 5.78 Å².